The van der Waals surface area contributed by atoms with Crippen molar-refractivity contribution in [3.8, 4) is 0 Å². The molecule has 1 aromatic heterocycles. The van der Waals surface area contributed by atoms with Crippen molar-refractivity contribution in [3.63, 3.8) is 0 Å². The monoisotopic (exact) mass is 612 g/mol. The Morgan fingerprint density at radius 2 is 1.93 bits per heavy atom. The maximum absolute atomic E-state index is 15.0. The molecule has 5 rings (SSSR count). The van der Waals surface area contributed by atoms with Gasteiger partial charge in [0.15, 0.2) is 5.82 Å². The van der Waals surface area contributed by atoms with Crippen LogP contribution >= 0.6 is 0 Å². The Balaban J connectivity index is 1.42. The van der Waals surface area contributed by atoms with Gasteiger partial charge in [0, 0.05) is 36.5 Å². The fraction of sp³-hybridized carbons (Fsp3) is 0.324. The maximum Gasteiger partial charge on any atom is 0.270 e. The Labute approximate surface area is 261 Å². The smallest absolute Gasteiger partial charge is 0.270 e. The highest BCUT2D eigenvalue weighted by Gasteiger charge is 2.25. The number of benzene rings is 2. The summed E-state index contributed by atoms with van der Waals surface area (Å²) in [4.78, 5) is 48.9. The quantitative estimate of drug-likeness (QED) is 0.304. The molecule has 3 aromatic rings. The summed E-state index contributed by atoms with van der Waals surface area (Å²) in [5.41, 5.74) is 2.98. The van der Waals surface area contributed by atoms with E-state index in [4.69, 9.17) is 0 Å². The number of pyridine rings is 1. The molecule has 2 aliphatic rings. The van der Waals surface area contributed by atoms with Crippen LogP contribution in [0.4, 0.5) is 21.6 Å². The Bertz CT molecular complexity index is 1650. The van der Waals surface area contributed by atoms with Crippen LogP contribution in [0.2, 0.25) is 0 Å². The number of anilines is 2. The Morgan fingerprint density at radius 3 is 2.60 bits per heavy atom. The first kappa shape index (κ1) is 31.7. The average Bonchev–Trinajstić information content (AvgIpc) is 3.21. The van der Waals surface area contributed by atoms with Gasteiger partial charge in [-0.15, -0.1) is 0 Å². The van der Waals surface area contributed by atoms with E-state index in [0.717, 1.165) is 11.1 Å². The summed E-state index contributed by atoms with van der Waals surface area (Å²) in [6.07, 6.45) is 3.94. The van der Waals surface area contributed by atoms with Crippen molar-refractivity contribution in [3.05, 3.63) is 89.4 Å². The van der Waals surface area contributed by atoms with Crippen molar-refractivity contribution < 1.29 is 23.9 Å². The van der Waals surface area contributed by atoms with Gasteiger partial charge in [-0.1, -0.05) is 39.0 Å². The highest BCUT2D eigenvalue weighted by Crippen LogP contribution is 2.31. The van der Waals surface area contributed by atoms with Gasteiger partial charge < -0.3 is 26.0 Å². The van der Waals surface area contributed by atoms with Gasteiger partial charge in [-0.05, 0) is 65.6 Å². The molecule has 3 amide bonds. The first-order valence-corrected chi connectivity index (χ1v) is 15.0. The molecule has 4 N–H and O–H groups in total. The SMILES string of the molecule is CCC1CNC(=O)C(=Nc2ccc(N3CCNCC3=O)cn2)C=C1c1ccc(F)c(NC(=O)c2ccc(C(C)(C)CO)cc2)c1. The van der Waals surface area contributed by atoms with Crippen LogP contribution in [0.5, 0.6) is 0 Å². The number of piperazine rings is 1. The lowest BCUT2D eigenvalue weighted by Crippen LogP contribution is -2.48. The van der Waals surface area contributed by atoms with Crippen molar-refractivity contribution in [2.24, 2.45) is 10.9 Å². The Morgan fingerprint density at radius 1 is 1.16 bits per heavy atom. The van der Waals surface area contributed by atoms with Gasteiger partial charge in [0.2, 0.25) is 5.91 Å². The minimum atomic E-state index is -0.595. The van der Waals surface area contributed by atoms with Crippen molar-refractivity contribution in [1.82, 2.24) is 15.6 Å². The molecule has 1 fully saturated rings. The number of aliphatic imine (C=N–C) groups is 1. The van der Waals surface area contributed by atoms with E-state index in [-0.39, 0.29) is 42.3 Å². The van der Waals surface area contributed by atoms with Crippen molar-refractivity contribution in [2.45, 2.75) is 32.6 Å². The normalized spacial score (nSPS) is 18.3. The number of nitrogens with zero attached hydrogens (tertiary/aromatic N) is 3. The minimum absolute atomic E-state index is 0.00903. The first-order valence-electron chi connectivity index (χ1n) is 15.0. The van der Waals surface area contributed by atoms with E-state index in [0.29, 0.717) is 48.7 Å². The van der Waals surface area contributed by atoms with Crippen LogP contribution < -0.4 is 20.9 Å². The zero-order chi connectivity index (χ0) is 32.1. The number of hydrogen-bond acceptors (Lipinski definition) is 7. The predicted octanol–water partition coefficient (Wildman–Crippen LogP) is 3.99. The zero-order valence-electron chi connectivity index (χ0n) is 25.6. The molecule has 2 aliphatic heterocycles. The van der Waals surface area contributed by atoms with E-state index in [9.17, 15) is 23.9 Å². The molecular formula is C34H37FN6O4. The minimum Gasteiger partial charge on any atom is -0.395 e. The van der Waals surface area contributed by atoms with Gasteiger partial charge in [-0.3, -0.25) is 14.4 Å². The number of carbonyl (C=O) groups is 3. The molecule has 0 aliphatic carbocycles. The average molecular weight is 613 g/mol. The summed E-state index contributed by atoms with van der Waals surface area (Å²) in [5, 5.41) is 18.3. The largest absolute Gasteiger partial charge is 0.395 e. The second kappa shape index (κ2) is 13.5. The fourth-order valence-corrected chi connectivity index (χ4v) is 5.28. The number of nitrogens with one attached hydrogen (secondary N) is 3. The predicted molar refractivity (Wildman–Crippen MR) is 172 cm³/mol. The summed E-state index contributed by atoms with van der Waals surface area (Å²) in [5.74, 6) is -1.27. The van der Waals surface area contributed by atoms with E-state index in [2.05, 4.69) is 25.9 Å². The fourth-order valence-electron chi connectivity index (χ4n) is 5.28. The van der Waals surface area contributed by atoms with Crippen LogP contribution in [-0.4, -0.2) is 66.3 Å². The molecule has 2 aromatic carbocycles. The van der Waals surface area contributed by atoms with Gasteiger partial charge >= 0.3 is 0 Å². The number of carbonyl (C=O) groups excluding carboxylic acids is 3. The molecule has 3 heterocycles. The lowest BCUT2D eigenvalue weighted by Gasteiger charge is -2.27. The molecule has 0 spiro atoms. The van der Waals surface area contributed by atoms with Gasteiger partial charge in [0.25, 0.3) is 11.8 Å². The van der Waals surface area contributed by atoms with Crippen LogP contribution in [0.15, 0.2) is 71.9 Å². The Kier molecular flexibility index (Phi) is 9.50. The third kappa shape index (κ3) is 7.16. The number of rotatable bonds is 8. The van der Waals surface area contributed by atoms with Crippen LogP contribution in [0, 0.1) is 11.7 Å². The molecule has 0 saturated carbocycles. The lowest BCUT2D eigenvalue weighted by molar-refractivity contribution is -0.118. The third-order valence-electron chi connectivity index (χ3n) is 8.21. The van der Waals surface area contributed by atoms with Gasteiger partial charge in [-0.25, -0.2) is 14.4 Å². The number of aliphatic hydroxyl groups is 1. The second-order valence-corrected chi connectivity index (χ2v) is 11.8. The molecule has 1 saturated heterocycles. The molecule has 10 nitrogen and oxygen atoms in total. The second-order valence-electron chi connectivity index (χ2n) is 11.8. The highest BCUT2D eigenvalue weighted by atomic mass is 19.1. The van der Waals surface area contributed by atoms with Gasteiger partial charge in [0.1, 0.15) is 11.5 Å². The van der Waals surface area contributed by atoms with Crippen molar-refractivity contribution in [2.75, 3.05) is 43.0 Å². The van der Waals surface area contributed by atoms with E-state index in [1.165, 1.54) is 6.07 Å². The molecule has 0 bridgehead atoms. The summed E-state index contributed by atoms with van der Waals surface area (Å²) >= 11 is 0. The third-order valence-corrected chi connectivity index (χ3v) is 8.21. The number of halogens is 1. The van der Waals surface area contributed by atoms with E-state index in [1.807, 2.05) is 20.8 Å². The molecule has 1 atom stereocenters. The molecule has 45 heavy (non-hydrogen) atoms. The van der Waals surface area contributed by atoms with Crippen molar-refractivity contribution in [1.29, 1.82) is 0 Å². The molecule has 11 heteroatoms. The maximum atomic E-state index is 15.0. The summed E-state index contributed by atoms with van der Waals surface area (Å²) < 4.78 is 15.0. The van der Waals surface area contributed by atoms with E-state index < -0.39 is 17.1 Å². The number of hydrogen-bond donors (Lipinski definition) is 4. The first-order chi connectivity index (χ1) is 21.6. The molecule has 234 valence electrons. The summed E-state index contributed by atoms with van der Waals surface area (Å²) in [7, 11) is 0. The topological polar surface area (TPSA) is 136 Å². The highest BCUT2D eigenvalue weighted by molar-refractivity contribution is 6.45. The van der Waals surface area contributed by atoms with E-state index >= 15 is 0 Å². The van der Waals surface area contributed by atoms with Crippen LogP contribution in [-0.2, 0) is 15.0 Å². The number of aliphatic hydroxyl groups excluding tert-OH is 1. The summed E-state index contributed by atoms with van der Waals surface area (Å²) in [6, 6.07) is 14.7. The molecule has 1 unspecified atom stereocenters. The van der Waals surface area contributed by atoms with Crippen LogP contribution in [0.1, 0.15) is 48.7 Å². The molecular weight excluding hydrogens is 575 g/mol. The van der Waals surface area contributed by atoms with E-state index in [1.54, 1.807) is 65.7 Å². The van der Waals surface area contributed by atoms with Crippen LogP contribution in [0.3, 0.4) is 0 Å². The van der Waals surface area contributed by atoms with Crippen LogP contribution in [0.25, 0.3) is 5.57 Å². The zero-order valence-corrected chi connectivity index (χ0v) is 25.6. The Hall–Kier alpha value is -4.74. The molecule has 0 radical (unpaired) electrons. The lowest BCUT2D eigenvalue weighted by atomic mass is 9.85. The van der Waals surface area contributed by atoms with Crippen molar-refractivity contribution >= 4 is 46.2 Å². The standard InChI is InChI=1S/C34H37FN6O4/c1-4-21-17-38-33(45)29(39-30-12-10-25(18-37-30)41-14-13-36-19-31(41)43)16-26(21)23-7-11-27(35)28(15-23)40-32(44)22-5-8-24(9-6-22)34(2,3)20-42/h5-12,15-16,18,21,36,42H,4,13-14,17,19-20H2,1-3H3,(H,38,45)(H,40,44). The van der Waals surface area contributed by atoms with Gasteiger partial charge in [0.05, 0.1) is 30.7 Å². The number of amides is 3. The summed E-state index contributed by atoms with van der Waals surface area (Å²) in [6.45, 7) is 7.61. The number of aromatic nitrogens is 1. The van der Waals surface area contributed by atoms with Gasteiger partial charge in [-0.2, -0.15) is 0 Å².